The van der Waals surface area contributed by atoms with Gasteiger partial charge in [-0.3, -0.25) is 9.80 Å². The third-order valence-corrected chi connectivity index (χ3v) is 6.30. The van der Waals surface area contributed by atoms with Gasteiger partial charge in [0.15, 0.2) is 11.5 Å². The number of carboxylic acids is 2. The number of ether oxygens (including phenoxy) is 2. The molecule has 2 fully saturated rings. The first-order valence-corrected chi connectivity index (χ1v) is 11.7. The van der Waals surface area contributed by atoms with E-state index in [-0.39, 0.29) is 0 Å². The average molecular weight is 471 g/mol. The number of carboxylic acid groups (broad SMARTS) is 2. The van der Waals surface area contributed by atoms with E-state index in [0.29, 0.717) is 6.61 Å². The van der Waals surface area contributed by atoms with E-state index in [0.717, 1.165) is 42.7 Å². The number of hydrogen-bond donors (Lipinski definition) is 2. The largest absolute Gasteiger partial charge is 0.493 e. The molecular formula is C26H34N2O6. The maximum absolute atomic E-state index is 9.10. The lowest BCUT2D eigenvalue weighted by molar-refractivity contribution is -0.159. The van der Waals surface area contributed by atoms with Crippen LogP contribution in [0.2, 0.25) is 0 Å². The number of carbonyl (C=O) groups is 2. The van der Waals surface area contributed by atoms with Crippen molar-refractivity contribution in [1.82, 2.24) is 9.80 Å². The molecule has 0 radical (unpaired) electrons. The monoisotopic (exact) mass is 470 g/mol. The van der Waals surface area contributed by atoms with E-state index in [2.05, 4.69) is 34.1 Å². The molecule has 184 valence electrons. The Morgan fingerprint density at radius 2 is 1.53 bits per heavy atom. The lowest BCUT2D eigenvalue weighted by Crippen LogP contribution is -2.49. The van der Waals surface area contributed by atoms with Crippen molar-refractivity contribution in [2.75, 3.05) is 33.3 Å². The van der Waals surface area contributed by atoms with Gasteiger partial charge in [-0.25, -0.2) is 9.59 Å². The van der Waals surface area contributed by atoms with Gasteiger partial charge in [-0.1, -0.05) is 49.2 Å². The smallest absolute Gasteiger partial charge is 0.414 e. The van der Waals surface area contributed by atoms with Gasteiger partial charge in [0, 0.05) is 38.8 Å². The van der Waals surface area contributed by atoms with Gasteiger partial charge in [0.05, 0.1) is 7.11 Å². The summed E-state index contributed by atoms with van der Waals surface area (Å²) in [6.45, 7) is 6.26. The molecule has 34 heavy (non-hydrogen) atoms. The molecule has 0 amide bonds. The zero-order valence-corrected chi connectivity index (χ0v) is 19.7. The number of methoxy groups -OCH3 is 1. The predicted octanol–water partition coefficient (Wildman–Crippen LogP) is 3.49. The summed E-state index contributed by atoms with van der Waals surface area (Å²) in [5.41, 5.74) is 2.45. The Labute approximate surface area is 200 Å². The van der Waals surface area contributed by atoms with Crippen LogP contribution in [-0.2, 0) is 22.7 Å². The topological polar surface area (TPSA) is 99.5 Å². The normalized spacial score (nSPS) is 17.0. The quantitative estimate of drug-likeness (QED) is 0.594. The minimum atomic E-state index is -1.82. The average Bonchev–Trinajstić information content (AvgIpc) is 3.39. The molecule has 2 aromatic rings. The van der Waals surface area contributed by atoms with Crippen molar-refractivity contribution in [3.63, 3.8) is 0 Å². The number of aliphatic carboxylic acids is 2. The van der Waals surface area contributed by atoms with Crippen LogP contribution in [0.3, 0.4) is 0 Å². The molecule has 0 bridgehead atoms. The van der Waals surface area contributed by atoms with Gasteiger partial charge in [-0.2, -0.15) is 0 Å². The molecule has 0 spiro atoms. The number of nitrogens with zero attached hydrogens (tertiary/aromatic N) is 2. The predicted molar refractivity (Wildman–Crippen MR) is 128 cm³/mol. The Bertz CT molecular complexity index is 910. The number of piperazine rings is 1. The highest BCUT2D eigenvalue weighted by Gasteiger charge is 2.26. The van der Waals surface area contributed by atoms with Crippen molar-refractivity contribution in [3.8, 4) is 11.5 Å². The Balaban J connectivity index is 0.000000481. The van der Waals surface area contributed by atoms with Crippen LogP contribution in [0, 0.1) is 0 Å². The van der Waals surface area contributed by atoms with E-state index in [1.165, 1.54) is 44.3 Å². The Morgan fingerprint density at radius 1 is 0.882 bits per heavy atom. The molecule has 2 aromatic carbocycles. The highest BCUT2D eigenvalue weighted by Crippen LogP contribution is 2.30. The second-order valence-corrected chi connectivity index (χ2v) is 8.62. The van der Waals surface area contributed by atoms with Crippen LogP contribution < -0.4 is 9.47 Å². The minimum Gasteiger partial charge on any atom is -0.493 e. The molecular weight excluding hydrogens is 436 g/mol. The molecule has 2 N–H and O–H groups in total. The van der Waals surface area contributed by atoms with Gasteiger partial charge < -0.3 is 19.7 Å². The lowest BCUT2D eigenvalue weighted by atomic mass is 10.1. The summed E-state index contributed by atoms with van der Waals surface area (Å²) < 4.78 is 11.6. The molecule has 1 heterocycles. The highest BCUT2D eigenvalue weighted by molar-refractivity contribution is 6.27. The van der Waals surface area contributed by atoms with Crippen LogP contribution in [0.5, 0.6) is 11.5 Å². The molecule has 0 unspecified atom stereocenters. The molecule has 8 nitrogen and oxygen atoms in total. The van der Waals surface area contributed by atoms with E-state index in [1.807, 2.05) is 24.3 Å². The van der Waals surface area contributed by atoms with Crippen LogP contribution >= 0.6 is 0 Å². The Morgan fingerprint density at radius 3 is 2.12 bits per heavy atom. The lowest BCUT2D eigenvalue weighted by Gasteiger charge is -2.38. The molecule has 1 aliphatic carbocycles. The molecule has 1 aliphatic heterocycles. The maximum Gasteiger partial charge on any atom is 0.414 e. The summed E-state index contributed by atoms with van der Waals surface area (Å²) >= 11 is 0. The molecule has 1 saturated carbocycles. The second kappa shape index (κ2) is 13.0. The van der Waals surface area contributed by atoms with Crippen molar-refractivity contribution in [2.45, 2.75) is 44.9 Å². The summed E-state index contributed by atoms with van der Waals surface area (Å²) in [6.07, 6.45) is 5.65. The molecule has 0 aromatic heterocycles. The number of benzene rings is 2. The molecule has 4 rings (SSSR count). The van der Waals surface area contributed by atoms with Gasteiger partial charge in [0.25, 0.3) is 0 Å². The van der Waals surface area contributed by atoms with E-state index in [1.54, 1.807) is 7.11 Å². The molecule has 1 saturated heterocycles. The van der Waals surface area contributed by atoms with Gasteiger partial charge >= 0.3 is 11.9 Å². The van der Waals surface area contributed by atoms with Crippen molar-refractivity contribution >= 4 is 11.9 Å². The van der Waals surface area contributed by atoms with Crippen LogP contribution in [0.15, 0.2) is 48.5 Å². The van der Waals surface area contributed by atoms with E-state index in [4.69, 9.17) is 29.3 Å². The van der Waals surface area contributed by atoms with Gasteiger partial charge in [-0.15, -0.1) is 0 Å². The molecule has 8 heteroatoms. The third-order valence-electron chi connectivity index (χ3n) is 6.30. The summed E-state index contributed by atoms with van der Waals surface area (Å²) in [6, 6.07) is 17.5. The summed E-state index contributed by atoms with van der Waals surface area (Å²) in [5.74, 6) is -2.02. The Kier molecular flexibility index (Phi) is 9.73. The number of rotatable bonds is 7. The van der Waals surface area contributed by atoms with Crippen molar-refractivity contribution < 1.29 is 29.3 Å². The van der Waals surface area contributed by atoms with Crippen LogP contribution in [-0.4, -0.2) is 71.3 Å². The van der Waals surface area contributed by atoms with E-state index >= 15 is 0 Å². The zero-order chi connectivity index (χ0) is 24.3. The van der Waals surface area contributed by atoms with Crippen LogP contribution in [0.1, 0.15) is 36.8 Å². The fraction of sp³-hybridized carbons (Fsp3) is 0.462. The fourth-order valence-corrected chi connectivity index (χ4v) is 4.48. The summed E-state index contributed by atoms with van der Waals surface area (Å²) in [5, 5.41) is 14.8. The second-order valence-electron chi connectivity index (χ2n) is 8.62. The summed E-state index contributed by atoms with van der Waals surface area (Å²) in [7, 11) is 1.70. The Hall–Kier alpha value is -3.10. The molecule has 2 aliphatic rings. The maximum atomic E-state index is 9.10. The van der Waals surface area contributed by atoms with Crippen LogP contribution in [0.4, 0.5) is 0 Å². The van der Waals surface area contributed by atoms with Crippen LogP contribution in [0.25, 0.3) is 0 Å². The van der Waals surface area contributed by atoms with E-state index in [9.17, 15) is 0 Å². The number of hydrogen-bond acceptors (Lipinski definition) is 6. The van der Waals surface area contributed by atoms with Gasteiger partial charge in [0.1, 0.15) is 6.61 Å². The molecule has 0 atom stereocenters. The minimum absolute atomic E-state index is 0.556. The van der Waals surface area contributed by atoms with Gasteiger partial charge in [-0.05, 0) is 36.1 Å². The van der Waals surface area contributed by atoms with E-state index < -0.39 is 11.9 Å². The summed E-state index contributed by atoms with van der Waals surface area (Å²) in [4.78, 5) is 23.5. The SMILES string of the molecule is COc1ccc(CN2CCN(C3CCCC3)CC2)cc1OCc1ccccc1.O=C(O)C(=O)O. The first-order valence-electron chi connectivity index (χ1n) is 11.7. The first kappa shape index (κ1) is 25.5. The van der Waals surface area contributed by atoms with Crippen molar-refractivity contribution in [1.29, 1.82) is 0 Å². The standard InChI is InChI=1S/C24H32N2O2.C2H2O4/c1-27-23-12-11-21(17-24(23)28-19-20-7-3-2-4-8-20)18-25-13-15-26(16-14-25)22-9-5-6-10-22;3-1(4)2(5)6/h2-4,7-8,11-12,17,22H,5-6,9-10,13-16,18-19H2,1H3;(H,3,4)(H,5,6). The first-order chi connectivity index (χ1) is 16.5. The zero-order valence-electron chi connectivity index (χ0n) is 19.7. The van der Waals surface area contributed by atoms with Gasteiger partial charge in [0.2, 0.25) is 0 Å². The van der Waals surface area contributed by atoms with Crippen molar-refractivity contribution in [3.05, 3.63) is 59.7 Å². The fourth-order valence-electron chi connectivity index (χ4n) is 4.48. The third kappa shape index (κ3) is 7.74. The van der Waals surface area contributed by atoms with Crippen molar-refractivity contribution in [2.24, 2.45) is 0 Å². The highest BCUT2D eigenvalue weighted by atomic mass is 16.5.